The van der Waals surface area contributed by atoms with Crippen LogP contribution in [-0.4, -0.2) is 54.0 Å². The number of benzene rings is 3. The summed E-state index contributed by atoms with van der Waals surface area (Å²) in [5, 5.41) is 24.7. The third-order valence-corrected chi connectivity index (χ3v) is 7.51. The first-order chi connectivity index (χ1) is 20.3. The molecule has 0 aromatic heterocycles. The average molecular weight is 566 g/mol. The third-order valence-electron chi connectivity index (χ3n) is 7.51. The van der Waals surface area contributed by atoms with Gasteiger partial charge in [0.25, 0.3) is 11.8 Å². The molecule has 214 valence electrons. The highest BCUT2D eigenvalue weighted by atomic mass is 16.7. The Labute approximate surface area is 243 Å². The minimum Gasteiger partial charge on any atom is -0.478 e. The second-order valence-electron chi connectivity index (χ2n) is 10.3. The molecule has 3 aromatic rings. The van der Waals surface area contributed by atoms with Crippen LogP contribution in [0.1, 0.15) is 50.2 Å². The van der Waals surface area contributed by atoms with Crippen molar-refractivity contribution in [1.29, 1.82) is 5.26 Å². The molecule has 0 aliphatic carbocycles. The van der Waals surface area contributed by atoms with Crippen molar-refractivity contribution < 1.29 is 24.3 Å². The number of piperidine rings is 1. The molecule has 0 atom stereocenters. The minimum atomic E-state index is -1.06. The fraction of sp³-hybridized carbons (Fsp3) is 0.250. The van der Waals surface area contributed by atoms with Crippen LogP contribution in [0.4, 0.5) is 11.4 Å². The van der Waals surface area contributed by atoms with Crippen molar-refractivity contribution in [2.75, 3.05) is 36.9 Å². The van der Waals surface area contributed by atoms with Gasteiger partial charge < -0.3 is 20.6 Å². The van der Waals surface area contributed by atoms with Crippen LogP contribution in [0.5, 0.6) is 0 Å². The van der Waals surface area contributed by atoms with Crippen LogP contribution in [0.3, 0.4) is 0 Å². The van der Waals surface area contributed by atoms with Gasteiger partial charge in [0.15, 0.2) is 0 Å². The van der Waals surface area contributed by atoms with E-state index in [1.165, 1.54) is 6.07 Å². The second kappa shape index (κ2) is 12.7. The largest absolute Gasteiger partial charge is 0.478 e. The molecule has 10 nitrogen and oxygen atoms in total. The number of nitrogens with zero attached hydrogens (tertiary/aromatic N) is 2. The highest BCUT2D eigenvalue weighted by molar-refractivity contribution is 6.37. The van der Waals surface area contributed by atoms with Gasteiger partial charge in [0.2, 0.25) is 0 Å². The molecular formula is C32H31N5O5. The van der Waals surface area contributed by atoms with Crippen molar-refractivity contribution in [3.8, 4) is 6.07 Å². The first-order valence-corrected chi connectivity index (χ1v) is 13.7. The summed E-state index contributed by atoms with van der Waals surface area (Å²) >= 11 is 0. The lowest BCUT2D eigenvalue weighted by Crippen LogP contribution is -2.37. The van der Waals surface area contributed by atoms with Gasteiger partial charge >= 0.3 is 5.97 Å². The molecule has 10 heteroatoms. The topological polar surface area (TPSA) is 144 Å². The molecule has 0 unspecified atom stereocenters. The van der Waals surface area contributed by atoms with Gasteiger partial charge in [0, 0.05) is 29.3 Å². The van der Waals surface area contributed by atoms with E-state index >= 15 is 0 Å². The van der Waals surface area contributed by atoms with Crippen molar-refractivity contribution in [3.63, 3.8) is 0 Å². The number of carboxylic acids is 1. The zero-order chi connectivity index (χ0) is 29.6. The second-order valence-corrected chi connectivity index (χ2v) is 10.3. The summed E-state index contributed by atoms with van der Waals surface area (Å²) in [5.74, 6) is -1.66. The number of carbonyl (C=O) groups is 3. The zero-order valence-corrected chi connectivity index (χ0v) is 23.1. The van der Waals surface area contributed by atoms with E-state index in [1.807, 2.05) is 30.3 Å². The fourth-order valence-corrected chi connectivity index (χ4v) is 5.17. The quantitative estimate of drug-likeness (QED) is 0.168. The lowest BCUT2D eigenvalue weighted by molar-refractivity contribution is -0.110. The molecule has 0 radical (unpaired) electrons. The number of rotatable bonds is 9. The number of nitriles is 1. The molecule has 1 fully saturated rings. The van der Waals surface area contributed by atoms with Gasteiger partial charge in [0.05, 0.1) is 35.2 Å². The van der Waals surface area contributed by atoms with Crippen molar-refractivity contribution in [2.24, 2.45) is 5.92 Å². The van der Waals surface area contributed by atoms with Crippen LogP contribution in [0.15, 0.2) is 66.7 Å². The Kier molecular flexibility index (Phi) is 8.62. The van der Waals surface area contributed by atoms with Crippen LogP contribution in [0.25, 0.3) is 11.3 Å². The Hall–Kier alpha value is -4.98. The van der Waals surface area contributed by atoms with Crippen LogP contribution in [-0.2, 0) is 9.63 Å². The van der Waals surface area contributed by atoms with Gasteiger partial charge in [0.1, 0.15) is 0 Å². The van der Waals surface area contributed by atoms with Gasteiger partial charge in [-0.05, 0) is 80.4 Å². The molecule has 3 aromatic carbocycles. The molecule has 4 N–H and O–H groups in total. The predicted octanol–water partition coefficient (Wildman–Crippen LogP) is 4.52. The molecule has 2 aliphatic rings. The Morgan fingerprint density at radius 1 is 1.07 bits per heavy atom. The van der Waals surface area contributed by atoms with Crippen molar-refractivity contribution >= 4 is 40.4 Å². The van der Waals surface area contributed by atoms with Crippen LogP contribution in [0, 0.1) is 24.2 Å². The number of aromatic carboxylic acids is 1. The maximum Gasteiger partial charge on any atom is 0.336 e. The van der Waals surface area contributed by atoms with Gasteiger partial charge in [-0.2, -0.15) is 5.26 Å². The van der Waals surface area contributed by atoms with E-state index in [4.69, 9.17) is 10.1 Å². The first-order valence-electron chi connectivity index (χ1n) is 13.7. The van der Waals surface area contributed by atoms with Crippen molar-refractivity contribution in [3.05, 3.63) is 94.5 Å². The summed E-state index contributed by atoms with van der Waals surface area (Å²) < 4.78 is 0. The number of aryl methyl sites for hydroxylation is 1. The standard InChI is InChI=1S/C32H31N5O5/c1-20-17-26-27(18-25(20)32(40)41)35-31(39)28(26)29(22-5-3-2-4-6-22)34-24-9-7-23(8-10-24)30(38)36-42-16-15-37-13-11-21(19-33)12-14-37/h2-10,17-18,21,34H,11-16H2,1H3,(H,35,39)(H,36,38)(H,40,41)/b29-28+. The SMILES string of the molecule is Cc1cc2c(cc1C(=O)O)NC(=O)/C2=C(/Nc1ccc(C(=O)NOCCN2CCC(C#N)CC2)cc1)c1ccccc1. The number of hydrogen-bond donors (Lipinski definition) is 4. The third kappa shape index (κ3) is 6.33. The van der Waals surface area contributed by atoms with E-state index in [0.29, 0.717) is 52.5 Å². The summed E-state index contributed by atoms with van der Waals surface area (Å²) in [4.78, 5) is 45.0. The molecule has 5 rings (SSSR count). The number of hydrogen-bond acceptors (Lipinski definition) is 7. The molecule has 2 aliphatic heterocycles. The lowest BCUT2D eigenvalue weighted by atomic mass is 9.96. The molecule has 2 heterocycles. The number of hydroxylamine groups is 1. The Morgan fingerprint density at radius 3 is 2.45 bits per heavy atom. The van der Waals surface area contributed by atoms with E-state index in [1.54, 1.807) is 37.3 Å². The van der Waals surface area contributed by atoms with E-state index in [2.05, 4.69) is 27.1 Å². The van der Waals surface area contributed by atoms with Crippen LogP contribution < -0.4 is 16.1 Å². The number of carbonyl (C=O) groups excluding carboxylic acids is 2. The average Bonchev–Trinajstić information content (AvgIpc) is 3.32. The van der Waals surface area contributed by atoms with E-state index in [0.717, 1.165) is 31.5 Å². The highest BCUT2D eigenvalue weighted by Gasteiger charge is 2.30. The van der Waals surface area contributed by atoms with E-state index in [-0.39, 0.29) is 23.3 Å². The highest BCUT2D eigenvalue weighted by Crippen LogP contribution is 2.39. The zero-order valence-electron chi connectivity index (χ0n) is 23.1. The number of fused-ring (bicyclic) bond motifs is 1. The maximum atomic E-state index is 13.2. The van der Waals surface area contributed by atoms with Gasteiger partial charge in [-0.3, -0.25) is 14.4 Å². The summed E-state index contributed by atoms with van der Waals surface area (Å²) in [6.07, 6.45) is 1.71. The Balaban J connectivity index is 1.29. The summed E-state index contributed by atoms with van der Waals surface area (Å²) in [6.45, 7) is 4.41. The normalized spacial score (nSPS) is 16.2. The van der Waals surface area contributed by atoms with Crippen LogP contribution in [0.2, 0.25) is 0 Å². The minimum absolute atomic E-state index is 0.127. The van der Waals surface area contributed by atoms with Gasteiger partial charge in [-0.15, -0.1) is 0 Å². The van der Waals surface area contributed by atoms with Crippen LogP contribution >= 0.6 is 0 Å². The smallest absolute Gasteiger partial charge is 0.336 e. The van der Waals surface area contributed by atoms with Gasteiger partial charge in [-0.25, -0.2) is 10.3 Å². The number of nitrogens with one attached hydrogen (secondary N) is 3. The predicted molar refractivity (Wildman–Crippen MR) is 158 cm³/mol. The van der Waals surface area contributed by atoms with Gasteiger partial charge in [-0.1, -0.05) is 30.3 Å². The first kappa shape index (κ1) is 28.5. The van der Waals surface area contributed by atoms with Crippen molar-refractivity contribution in [2.45, 2.75) is 19.8 Å². The number of carboxylic acid groups (broad SMARTS) is 1. The maximum absolute atomic E-state index is 13.2. The Bertz CT molecular complexity index is 1570. The molecule has 0 saturated carbocycles. The number of amides is 2. The summed E-state index contributed by atoms with van der Waals surface area (Å²) in [6, 6.07) is 21.7. The lowest BCUT2D eigenvalue weighted by Gasteiger charge is -2.28. The van der Waals surface area contributed by atoms with E-state index in [9.17, 15) is 19.5 Å². The molecule has 2 amide bonds. The number of likely N-dealkylation sites (tertiary alicyclic amines) is 1. The molecule has 1 saturated heterocycles. The molecular weight excluding hydrogens is 534 g/mol. The van der Waals surface area contributed by atoms with E-state index < -0.39 is 5.97 Å². The Morgan fingerprint density at radius 2 is 1.79 bits per heavy atom. The fourth-order valence-electron chi connectivity index (χ4n) is 5.17. The monoisotopic (exact) mass is 565 g/mol. The number of anilines is 2. The molecule has 42 heavy (non-hydrogen) atoms. The summed E-state index contributed by atoms with van der Waals surface area (Å²) in [5.41, 5.74) is 6.97. The van der Waals surface area contributed by atoms with Crippen molar-refractivity contribution in [1.82, 2.24) is 10.4 Å². The summed E-state index contributed by atoms with van der Waals surface area (Å²) in [7, 11) is 0. The molecule has 0 spiro atoms. The molecule has 0 bridgehead atoms.